The van der Waals surface area contributed by atoms with Crippen molar-refractivity contribution in [2.24, 2.45) is 0 Å². The van der Waals surface area contributed by atoms with Gasteiger partial charge in [-0.25, -0.2) is 0 Å². The van der Waals surface area contributed by atoms with Crippen molar-refractivity contribution in [3.05, 3.63) is 71.0 Å². The van der Waals surface area contributed by atoms with Crippen LogP contribution in [0.15, 0.2) is 48.7 Å². The molecule has 23 heavy (non-hydrogen) atoms. The van der Waals surface area contributed by atoms with Gasteiger partial charge in [0.05, 0.1) is 18.9 Å². The summed E-state index contributed by atoms with van der Waals surface area (Å²) >= 11 is 0. The Morgan fingerprint density at radius 3 is 2.91 bits per heavy atom. The van der Waals surface area contributed by atoms with Crippen LogP contribution in [-0.2, 0) is 20.9 Å². The molecule has 114 valence electrons. The zero-order valence-corrected chi connectivity index (χ0v) is 12.6. The second kappa shape index (κ2) is 5.32. The van der Waals surface area contributed by atoms with Crippen molar-refractivity contribution in [2.75, 3.05) is 12.4 Å². The highest BCUT2D eigenvalue weighted by molar-refractivity contribution is 6.36. The first-order valence-corrected chi connectivity index (χ1v) is 7.38. The normalized spacial score (nSPS) is 18.6. The number of hydrogen-bond donors (Lipinski definition) is 1. The van der Waals surface area contributed by atoms with Crippen molar-refractivity contribution in [3.63, 3.8) is 0 Å². The van der Waals surface area contributed by atoms with E-state index < -0.39 is 0 Å². The minimum absolute atomic E-state index is 0.114. The molecule has 2 aliphatic rings. The Bertz CT molecular complexity index is 865. The fourth-order valence-electron chi connectivity index (χ4n) is 2.98. The summed E-state index contributed by atoms with van der Waals surface area (Å²) in [7, 11) is 1.62. The van der Waals surface area contributed by atoms with Crippen molar-refractivity contribution in [3.8, 4) is 0 Å². The van der Waals surface area contributed by atoms with Crippen LogP contribution in [0.4, 0.5) is 5.69 Å². The summed E-state index contributed by atoms with van der Waals surface area (Å²) in [5.74, 6) is 0.544. The van der Waals surface area contributed by atoms with Crippen molar-refractivity contribution < 1.29 is 14.3 Å². The van der Waals surface area contributed by atoms with E-state index in [0.29, 0.717) is 17.9 Å². The zero-order chi connectivity index (χ0) is 15.8. The number of amides is 1. The van der Waals surface area contributed by atoms with Gasteiger partial charge in [-0.05, 0) is 23.8 Å². The SMILES string of the molecule is COC=Cc1ccc2c(c1)CO/C2=C1/C(=O)Nc2ccccc21. The molecule has 4 nitrogen and oxygen atoms in total. The summed E-state index contributed by atoms with van der Waals surface area (Å²) in [5.41, 5.74) is 5.42. The second-order valence-electron chi connectivity index (χ2n) is 5.45. The van der Waals surface area contributed by atoms with Crippen LogP contribution in [0.3, 0.4) is 0 Å². The number of carbonyl (C=O) groups excluding carboxylic acids is 1. The van der Waals surface area contributed by atoms with E-state index in [0.717, 1.165) is 27.9 Å². The molecule has 2 aromatic carbocycles. The average molecular weight is 305 g/mol. The number of fused-ring (bicyclic) bond motifs is 2. The van der Waals surface area contributed by atoms with Gasteiger partial charge in [-0.15, -0.1) is 0 Å². The third-order valence-corrected chi connectivity index (χ3v) is 4.04. The van der Waals surface area contributed by atoms with E-state index in [2.05, 4.69) is 11.4 Å². The maximum Gasteiger partial charge on any atom is 0.260 e. The summed E-state index contributed by atoms with van der Waals surface area (Å²) in [6, 6.07) is 13.7. The standard InChI is InChI=1S/C19H15NO3/c1-22-9-8-12-6-7-14-13(10-12)11-23-18(14)17-15-4-2-3-5-16(15)20-19(17)21/h2-10H,11H2,1H3,(H,20,21)/b9-8?,18-17+. The third kappa shape index (κ3) is 2.19. The molecule has 0 saturated carbocycles. The van der Waals surface area contributed by atoms with Gasteiger partial charge < -0.3 is 14.8 Å². The highest BCUT2D eigenvalue weighted by Crippen LogP contribution is 2.41. The van der Waals surface area contributed by atoms with Crippen LogP contribution >= 0.6 is 0 Å². The maximum atomic E-state index is 12.4. The lowest BCUT2D eigenvalue weighted by Gasteiger charge is -2.05. The van der Waals surface area contributed by atoms with Gasteiger partial charge in [0, 0.05) is 22.4 Å². The molecule has 0 unspecified atom stereocenters. The summed E-state index contributed by atoms with van der Waals surface area (Å²) in [5, 5.41) is 2.89. The minimum atomic E-state index is -0.114. The average Bonchev–Trinajstić information content (AvgIpc) is 3.12. The Balaban J connectivity index is 1.82. The van der Waals surface area contributed by atoms with Crippen LogP contribution in [0.5, 0.6) is 0 Å². The van der Waals surface area contributed by atoms with Crippen LogP contribution in [0.1, 0.15) is 22.3 Å². The molecule has 0 radical (unpaired) electrons. The summed E-state index contributed by atoms with van der Waals surface area (Å²) in [6.07, 6.45) is 3.53. The van der Waals surface area contributed by atoms with Gasteiger partial charge in [0.2, 0.25) is 0 Å². The van der Waals surface area contributed by atoms with Gasteiger partial charge >= 0.3 is 0 Å². The molecule has 2 aliphatic heterocycles. The predicted molar refractivity (Wildman–Crippen MR) is 89.2 cm³/mol. The molecule has 1 N–H and O–H groups in total. The predicted octanol–water partition coefficient (Wildman–Crippen LogP) is 3.65. The first-order valence-electron chi connectivity index (χ1n) is 7.38. The van der Waals surface area contributed by atoms with E-state index in [1.807, 2.05) is 42.5 Å². The quantitative estimate of drug-likeness (QED) is 0.680. The Morgan fingerprint density at radius 2 is 2.04 bits per heavy atom. The summed E-state index contributed by atoms with van der Waals surface area (Å²) in [6.45, 7) is 0.471. The lowest BCUT2D eigenvalue weighted by Crippen LogP contribution is -2.05. The highest BCUT2D eigenvalue weighted by Gasteiger charge is 2.32. The molecule has 0 bridgehead atoms. The highest BCUT2D eigenvalue weighted by atomic mass is 16.5. The minimum Gasteiger partial charge on any atom is -0.504 e. The largest absolute Gasteiger partial charge is 0.504 e. The number of ether oxygens (including phenoxy) is 2. The van der Waals surface area contributed by atoms with Gasteiger partial charge in [0.1, 0.15) is 12.4 Å². The van der Waals surface area contributed by atoms with Crippen LogP contribution < -0.4 is 5.32 Å². The van der Waals surface area contributed by atoms with Crippen LogP contribution in [0, 0.1) is 0 Å². The van der Waals surface area contributed by atoms with Crippen molar-refractivity contribution >= 4 is 29.0 Å². The number of methoxy groups -OCH3 is 1. The molecule has 0 aliphatic carbocycles. The van der Waals surface area contributed by atoms with Gasteiger partial charge in [-0.1, -0.05) is 30.3 Å². The molecule has 0 aromatic heterocycles. The maximum absolute atomic E-state index is 12.4. The Labute approximate surface area is 134 Å². The van der Waals surface area contributed by atoms with E-state index in [1.165, 1.54) is 0 Å². The molecule has 2 heterocycles. The van der Waals surface area contributed by atoms with Crippen LogP contribution in [-0.4, -0.2) is 13.0 Å². The number of nitrogens with one attached hydrogen (secondary N) is 1. The topological polar surface area (TPSA) is 47.6 Å². The molecular formula is C19H15NO3. The van der Waals surface area contributed by atoms with Gasteiger partial charge in [0.25, 0.3) is 5.91 Å². The van der Waals surface area contributed by atoms with Gasteiger partial charge in [0.15, 0.2) is 0 Å². The fraction of sp³-hybridized carbons (Fsp3) is 0.105. The number of carbonyl (C=O) groups is 1. The van der Waals surface area contributed by atoms with Gasteiger partial charge in [-0.2, -0.15) is 0 Å². The number of rotatable bonds is 2. The number of para-hydroxylation sites is 1. The molecule has 0 atom stereocenters. The smallest absolute Gasteiger partial charge is 0.260 e. The van der Waals surface area contributed by atoms with Crippen molar-refractivity contribution in [1.29, 1.82) is 0 Å². The fourth-order valence-corrected chi connectivity index (χ4v) is 2.98. The Kier molecular flexibility index (Phi) is 3.15. The molecule has 2 aromatic rings. The molecule has 0 fully saturated rings. The molecule has 0 saturated heterocycles. The van der Waals surface area contributed by atoms with Crippen molar-refractivity contribution in [1.82, 2.24) is 0 Å². The van der Waals surface area contributed by atoms with E-state index in [9.17, 15) is 4.79 Å². The zero-order valence-electron chi connectivity index (χ0n) is 12.6. The molecule has 4 rings (SSSR count). The van der Waals surface area contributed by atoms with E-state index in [1.54, 1.807) is 13.4 Å². The Hall–Kier alpha value is -3.01. The number of benzene rings is 2. The summed E-state index contributed by atoms with van der Waals surface area (Å²) < 4.78 is 10.8. The van der Waals surface area contributed by atoms with E-state index >= 15 is 0 Å². The van der Waals surface area contributed by atoms with E-state index in [-0.39, 0.29) is 5.91 Å². The molecule has 0 spiro atoms. The molecular weight excluding hydrogens is 290 g/mol. The third-order valence-electron chi connectivity index (χ3n) is 4.04. The van der Waals surface area contributed by atoms with Gasteiger partial charge in [-0.3, -0.25) is 4.79 Å². The van der Waals surface area contributed by atoms with Crippen molar-refractivity contribution in [2.45, 2.75) is 6.61 Å². The first-order chi connectivity index (χ1) is 11.3. The summed E-state index contributed by atoms with van der Waals surface area (Å²) in [4.78, 5) is 12.4. The van der Waals surface area contributed by atoms with Crippen LogP contribution in [0.2, 0.25) is 0 Å². The second-order valence-corrected chi connectivity index (χ2v) is 5.45. The number of anilines is 1. The number of hydrogen-bond acceptors (Lipinski definition) is 3. The lowest BCUT2D eigenvalue weighted by atomic mass is 9.99. The molecule has 4 heteroatoms. The van der Waals surface area contributed by atoms with E-state index in [4.69, 9.17) is 9.47 Å². The first kappa shape index (κ1) is 13.6. The Morgan fingerprint density at radius 1 is 1.17 bits per heavy atom. The van der Waals surface area contributed by atoms with Crippen LogP contribution in [0.25, 0.3) is 17.4 Å². The molecule has 1 amide bonds. The monoisotopic (exact) mass is 305 g/mol. The lowest BCUT2D eigenvalue weighted by molar-refractivity contribution is -0.110.